The third-order valence-electron chi connectivity index (χ3n) is 9.15. The fraction of sp³-hybridized carbons (Fsp3) is 0.244. The van der Waals surface area contributed by atoms with Crippen molar-refractivity contribution >= 4 is 19.0 Å². The number of carbonyl (C=O) groups excluding carboxylic acids is 1. The largest absolute Gasteiger partial charge is 0.496 e. The zero-order chi connectivity index (χ0) is 34.5. The number of hydrogen-bond acceptors (Lipinski definition) is 7. The molecule has 0 saturated carbocycles. The number of ketones is 1. The molecule has 1 heterocycles. The summed E-state index contributed by atoms with van der Waals surface area (Å²) in [5.41, 5.74) is 5.59. The molecule has 252 valence electrons. The quantitative estimate of drug-likeness (QED) is 0.129. The van der Waals surface area contributed by atoms with Gasteiger partial charge in [0.2, 0.25) is 0 Å². The van der Waals surface area contributed by atoms with E-state index in [9.17, 15) is 4.79 Å². The van der Waals surface area contributed by atoms with Crippen molar-refractivity contribution in [2.24, 2.45) is 0 Å². The lowest BCUT2D eigenvalue weighted by molar-refractivity contribution is -0.119. The maximum absolute atomic E-state index is 13.8. The van der Waals surface area contributed by atoms with E-state index in [0.717, 1.165) is 38.7 Å². The molecule has 0 aliphatic carbocycles. The van der Waals surface area contributed by atoms with Crippen LogP contribution >= 0.6 is 7.92 Å². The average Bonchev–Trinajstić information content (AvgIpc) is 3.16. The van der Waals surface area contributed by atoms with Crippen LogP contribution in [0.5, 0.6) is 34.5 Å². The fourth-order valence-electron chi connectivity index (χ4n) is 6.91. The normalized spacial score (nSPS) is 17.3. The number of carbonyl (C=O) groups is 1. The first-order valence-electron chi connectivity index (χ1n) is 16.1. The molecule has 0 aromatic heterocycles. The van der Waals surface area contributed by atoms with E-state index in [1.807, 2.05) is 42.5 Å². The number of rotatable bonds is 11. The predicted molar refractivity (Wildman–Crippen MR) is 196 cm³/mol. The Labute approximate surface area is 289 Å². The van der Waals surface area contributed by atoms with Crippen molar-refractivity contribution in [2.75, 3.05) is 42.7 Å². The molecule has 5 aromatic carbocycles. The van der Waals surface area contributed by atoms with Crippen LogP contribution in [0.4, 0.5) is 0 Å². The number of ether oxygens (including phenoxy) is 6. The van der Waals surface area contributed by atoms with E-state index in [1.54, 1.807) is 42.7 Å². The molecule has 0 spiro atoms. The molecule has 8 heteroatoms. The molecule has 5 aromatic rings. The first-order valence-corrected chi connectivity index (χ1v) is 17.6. The van der Waals surface area contributed by atoms with Gasteiger partial charge in [-0.25, -0.2) is 0 Å². The van der Waals surface area contributed by atoms with Gasteiger partial charge in [0.15, 0.2) is 0 Å². The van der Waals surface area contributed by atoms with Crippen molar-refractivity contribution < 1.29 is 33.2 Å². The number of Topliss-reactive ketones (excluding diaryl/α,β-unsaturated/α-hetero) is 1. The Kier molecular flexibility index (Phi) is 10.4. The topological polar surface area (TPSA) is 72.5 Å². The van der Waals surface area contributed by atoms with Crippen LogP contribution < -0.4 is 33.7 Å². The van der Waals surface area contributed by atoms with Crippen molar-refractivity contribution in [3.8, 4) is 56.8 Å². The summed E-state index contributed by atoms with van der Waals surface area (Å²) < 4.78 is 35.5. The van der Waals surface area contributed by atoms with Crippen LogP contribution in [0.3, 0.4) is 0 Å². The Bertz CT molecular complexity index is 1740. The molecule has 1 saturated heterocycles. The second kappa shape index (κ2) is 15.0. The van der Waals surface area contributed by atoms with E-state index >= 15 is 0 Å². The fourth-order valence-corrected chi connectivity index (χ4v) is 10.7. The van der Waals surface area contributed by atoms with Crippen molar-refractivity contribution in [1.82, 2.24) is 0 Å². The molecule has 0 N–H and O–H groups in total. The second-order valence-corrected chi connectivity index (χ2v) is 14.2. The molecule has 6 rings (SSSR count). The molecule has 0 radical (unpaired) electrons. The highest BCUT2D eigenvalue weighted by Gasteiger charge is 2.42. The summed E-state index contributed by atoms with van der Waals surface area (Å²) in [6, 6.07) is 34.6. The van der Waals surface area contributed by atoms with Gasteiger partial charge in [-0.15, -0.1) is 0 Å². The van der Waals surface area contributed by atoms with Crippen molar-refractivity contribution in [3.63, 3.8) is 0 Å². The van der Waals surface area contributed by atoms with Gasteiger partial charge in [0, 0.05) is 48.4 Å². The molecule has 1 aliphatic rings. The van der Waals surface area contributed by atoms with Gasteiger partial charge in [0.25, 0.3) is 0 Å². The summed E-state index contributed by atoms with van der Waals surface area (Å²) in [5.74, 6) is 3.93. The van der Waals surface area contributed by atoms with Gasteiger partial charge in [0.1, 0.15) is 40.3 Å². The lowest BCUT2D eigenvalue weighted by Crippen LogP contribution is -2.26. The Hall–Kier alpha value is -5.00. The van der Waals surface area contributed by atoms with Crippen LogP contribution in [-0.4, -0.2) is 48.4 Å². The molecule has 7 nitrogen and oxygen atoms in total. The van der Waals surface area contributed by atoms with Gasteiger partial charge in [-0.2, -0.15) is 0 Å². The molecular formula is C41H41O7P. The van der Waals surface area contributed by atoms with Crippen LogP contribution in [-0.2, 0) is 4.79 Å². The highest BCUT2D eigenvalue weighted by molar-refractivity contribution is 7.67. The Morgan fingerprint density at radius 3 is 1.18 bits per heavy atom. The van der Waals surface area contributed by atoms with Crippen LogP contribution in [0, 0.1) is 0 Å². The summed E-state index contributed by atoms with van der Waals surface area (Å²) in [4.78, 5) is 13.8. The van der Waals surface area contributed by atoms with Crippen LogP contribution in [0.25, 0.3) is 22.3 Å². The standard InChI is InChI=1S/C41H41O7P/c1-43-29-22-33(45-3)39(34(23-29)46-4)31-18-13-19-32(40-35(47-5)24-30(44-2)25-36(40)48-6)41(31)49-37(26-14-9-7-10-15-26)20-28(42)21-38(49)27-16-11-8-12-17-27/h7-19,22-25,37-38H,20-21H2,1-6H3. The first kappa shape index (κ1) is 33.9. The van der Waals surface area contributed by atoms with Crippen molar-refractivity contribution in [3.05, 3.63) is 114 Å². The second-order valence-electron chi connectivity index (χ2n) is 11.7. The molecule has 2 atom stereocenters. The van der Waals surface area contributed by atoms with Crippen LogP contribution in [0.2, 0.25) is 0 Å². The van der Waals surface area contributed by atoms with Gasteiger partial charge in [0.05, 0.1) is 53.8 Å². The molecular weight excluding hydrogens is 635 g/mol. The Balaban J connectivity index is 1.78. The maximum atomic E-state index is 13.8. The van der Waals surface area contributed by atoms with Crippen LogP contribution in [0.15, 0.2) is 103 Å². The van der Waals surface area contributed by atoms with Crippen molar-refractivity contribution in [2.45, 2.75) is 24.2 Å². The number of hydrogen-bond donors (Lipinski definition) is 0. The molecule has 0 bridgehead atoms. The lowest BCUT2D eigenvalue weighted by atomic mass is 9.95. The SMILES string of the molecule is COc1cc(OC)c(-c2cccc(-c3c(OC)cc(OC)cc3OC)c2P2C(c3ccccc3)CC(=O)CC2c2ccccc2)c(OC)c1. The minimum Gasteiger partial charge on any atom is -0.496 e. The minimum atomic E-state index is -1.16. The van der Waals surface area contributed by atoms with E-state index in [4.69, 9.17) is 28.4 Å². The summed E-state index contributed by atoms with van der Waals surface area (Å²) >= 11 is 0. The molecule has 49 heavy (non-hydrogen) atoms. The molecule has 1 aliphatic heterocycles. The van der Waals surface area contributed by atoms with Crippen LogP contribution in [0.1, 0.15) is 35.3 Å². The maximum Gasteiger partial charge on any atom is 0.134 e. The summed E-state index contributed by atoms with van der Waals surface area (Å²) in [7, 11) is 8.70. The zero-order valence-corrected chi connectivity index (χ0v) is 29.6. The lowest BCUT2D eigenvalue weighted by Gasteiger charge is -2.41. The third-order valence-corrected chi connectivity index (χ3v) is 12.4. The summed E-state index contributed by atoms with van der Waals surface area (Å²) in [5, 5.41) is 1.09. The van der Waals surface area contributed by atoms with Crippen molar-refractivity contribution in [1.29, 1.82) is 0 Å². The number of methoxy groups -OCH3 is 6. The molecule has 2 unspecified atom stereocenters. The van der Waals surface area contributed by atoms with Gasteiger partial charge in [-0.1, -0.05) is 86.8 Å². The minimum absolute atomic E-state index is 0.0759. The van der Waals surface area contributed by atoms with E-state index in [1.165, 1.54) is 0 Å². The van der Waals surface area contributed by atoms with E-state index in [-0.39, 0.29) is 17.1 Å². The van der Waals surface area contributed by atoms with E-state index < -0.39 is 7.92 Å². The highest BCUT2D eigenvalue weighted by Crippen LogP contribution is 2.68. The first-order chi connectivity index (χ1) is 24.0. The van der Waals surface area contributed by atoms with E-state index in [2.05, 4.69) is 60.7 Å². The monoisotopic (exact) mass is 676 g/mol. The predicted octanol–water partition coefficient (Wildman–Crippen LogP) is 9.02. The van der Waals surface area contributed by atoms with Gasteiger partial charge in [-0.3, -0.25) is 4.79 Å². The third kappa shape index (κ3) is 6.56. The Morgan fingerprint density at radius 2 is 0.857 bits per heavy atom. The Morgan fingerprint density at radius 1 is 0.490 bits per heavy atom. The molecule has 0 amide bonds. The number of benzene rings is 5. The summed E-state index contributed by atoms with van der Waals surface area (Å²) in [6.07, 6.45) is 0.862. The van der Waals surface area contributed by atoms with E-state index in [0.29, 0.717) is 47.3 Å². The highest BCUT2D eigenvalue weighted by atomic mass is 31.1. The smallest absolute Gasteiger partial charge is 0.134 e. The average molecular weight is 677 g/mol. The molecule has 1 fully saturated rings. The zero-order valence-electron chi connectivity index (χ0n) is 28.7. The van der Waals surface area contributed by atoms with Gasteiger partial charge >= 0.3 is 0 Å². The van der Waals surface area contributed by atoms with Gasteiger partial charge < -0.3 is 28.4 Å². The summed E-state index contributed by atoms with van der Waals surface area (Å²) in [6.45, 7) is 0. The van der Waals surface area contributed by atoms with Gasteiger partial charge in [-0.05, 0) is 27.6 Å².